The average molecular weight is 417 g/mol. The molecule has 5 heteroatoms. The normalized spacial score (nSPS) is 18.3. The van der Waals surface area contributed by atoms with Crippen LogP contribution in [0.3, 0.4) is 0 Å². The lowest BCUT2D eigenvalue weighted by Gasteiger charge is -2.33. The van der Waals surface area contributed by atoms with E-state index in [0.29, 0.717) is 10.0 Å². The molecular formula is C23H26Cl2N2O. The first kappa shape index (κ1) is 20.8. The van der Waals surface area contributed by atoms with Gasteiger partial charge in [0.15, 0.2) is 0 Å². The smallest absolute Gasteiger partial charge is 0.244 e. The fourth-order valence-electron chi connectivity index (χ4n) is 3.54. The van der Waals surface area contributed by atoms with E-state index in [1.807, 2.05) is 6.92 Å². The van der Waals surface area contributed by atoms with E-state index in [-0.39, 0.29) is 11.9 Å². The van der Waals surface area contributed by atoms with Gasteiger partial charge in [-0.3, -0.25) is 4.79 Å². The van der Waals surface area contributed by atoms with E-state index in [2.05, 4.69) is 41.4 Å². The summed E-state index contributed by atoms with van der Waals surface area (Å²) < 4.78 is 0. The maximum atomic E-state index is 12.3. The Bertz CT molecular complexity index is 848. The highest BCUT2D eigenvalue weighted by molar-refractivity contribution is 6.35. The van der Waals surface area contributed by atoms with Gasteiger partial charge in [-0.15, -0.1) is 0 Å². The highest BCUT2D eigenvalue weighted by Crippen LogP contribution is 2.25. The molecule has 0 aliphatic carbocycles. The van der Waals surface area contributed by atoms with Gasteiger partial charge in [0.2, 0.25) is 5.91 Å². The molecule has 0 bridgehead atoms. The lowest BCUT2D eigenvalue weighted by Crippen LogP contribution is -2.34. The second kappa shape index (κ2) is 9.49. The van der Waals surface area contributed by atoms with E-state index in [4.69, 9.17) is 23.2 Å². The van der Waals surface area contributed by atoms with Crippen LogP contribution in [0.15, 0.2) is 48.5 Å². The minimum atomic E-state index is -0.160. The summed E-state index contributed by atoms with van der Waals surface area (Å²) in [4.78, 5) is 14.7. The van der Waals surface area contributed by atoms with Crippen LogP contribution in [0.2, 0.25) is 10.0 Å². The average Bonchev–Trinajstić information content (AvgIpc) is 2.67. The summed E-state index contributed by atoms with van der Waals surface area (Å²) in [6, 6.07) is 13.6. The summed E-state index contributed by atoms with van der Waals surface area (Å²) in [6.45, 7) is 6.53. The number of rotatable bonds is 5. The zero-order valence-corrected chi connectivity index (χ0v) is 17.8. The second-order valence-corrected chi connectivity index (χ2v) is 8.36. The second-order valence-electron chi connectivity index (χ2n) is 7.51. The van der Waals surface area contributed by atoms with Crippen LogP contribution in [0.4, 0.5) is 5.69 Å². The Hall–Kier alpha value is -1.97. The molecule has 0 unspecified atom stereocenters. The Morgan fingerprint density at radius 3 is 2.64 bits per heavy atom. The van der Waals surface area contributed by atoms with Crippen molar-refractivity contribution in [3.8, 4) is 0 Å². The van der Waals surface area contributed by atoms with Gasteiger partial charge in [0.1, 0.15) is 0 Å². The molecule has 2 atom stereocenters. The molecule has 1 saturated heterocycles. The monoisotopic (exact) mass is 416 g/mol. The zero-order valence-electron chi connectivity index (χ0n) is 16.3. The molecule has 1 N–H and O–H groups in total. The highest BCUT2D eigenvalue weighted by Gasteiger charge is 2.17. The zero-order chi connectivity index (χ0) is 20.1. The van der Waals surface area contributed by atoms with Crippen LogP contribution < -0.4 is 10.2 Å². The van der Waals surface area contributed by atoms with Gasteiger partial charge in [-0.2, -0.15) is 0 Å². The molecule has 3 rings (SSSR count). The maximum absolute atomic E-state index is 12.3. The number of nitrogens with one attached hydrogen (secondary N) is 1. The Kier molecular flexibility index (Phi) is 7.03. The van der Waals surface area contributed by atoms with Crippen LogP contribution in [-0.4, -0.2) is 19.0 Å². The van der Waals surface area contributed by atoms with E-state index in [1.54, 1.807) is 24.3 Å². The fourth-order valence-corrected chi connectivity index (χ4v) is 4.02. The number of hydrogen-bond acceptors (Lipinski definition) is 2. The molecule has 1 amide bonds. The molecule has 1 aliphatic heterocycles. The first-order valence-corrected chi connectivity index (χ1v) is 10.5. The van der Waals surface area contributed by atoms with Gasteiger partial charge in [-0.1, -0.05) is 48.3 Å². The van der Waals surface area contributed by atoms with Crippen molar-refractivity contribution in [3.63, 3.8) is 0 Å². The molecule has 1 aliphatic rings. The van der Waals surface area contributed by atoms with Crippen molar-refractivity contribution in [2.45, 2.75) is 32.7 Å². The van der Waals surface area contributed by atoms with E-state index in [1.165, 1.54) is 24.6 Å². The molecular weight excluding hydrogens is 391 g/mol. The van der Waals surface area contributed by atoms with Crippen molar-refractivity contribution in [2.24, 2.45) is 5.92 Å². The predicted molar refractivity (Wildman–Crippen MR) is 119 cm³/mol. The number of halogens is 2. The van der Waals surface area contributed by atoms with Crippen LogP contribution in [0, 0.1) is 5.92 Å². The van der Waals surface area contributed by atoms with Crippen molar-refractivity contribution in [1.82, 2.24) is 5.32 Å². The third kappa shape index (κ3) is 5.52. The molecule has 0 aromatic heterocycles. The fraction of sp³-hybridized carbons (Fsp3) is 0.348. The number of carbonyl (C=O) groups is 1. The van der Waals surface area contributed by atoms with Crippen LogP contribution in [0.5, 0.6) is 0 Å². The van der Waals surface area contributed by atoms with Crippen LogP contribution >= 0.6 is 23.2 Å². The van der Waals surface area contributed by atoms with Crippen molar-refractivity contribution in [1.29, 1.82) is 0 Å². The van der Waals surface area contributed by atoms with E-state index >= 15 is 0 Å². The molecule has 0 spiro atoms. The summed E-state index contributed by atoms with van der Waals surface area (Å²) in [5, 5.41) is 4.09. The van der Waals surface area contributed by atoms with E-state index < -0.39 is 0 Å². The van der Waals surface area contributed by atoms with Gasteiger partial charge in [-0.25, -0.2) is 0 Å². The van der Waals surface area contributed by atoms with Crippen molar-refractivity contribution >= 4 is 40.9 Å². The molecule has 0 saturated carbocycles. The summed E-state index contributed by atoms with van der Waals surface area (Å²) in [5.41, 5.74) is 3.10. The quantitative estimate of drug-likeness (QED) is 0.595. The van der Waals surface area contributed by atoms with Crippen molar-refractivity contribution in [3.05, 3.63) is 69.7 Å². The van der Waals surface area contributed by atoms with Crippen molar-refractivity contribution in [2.75, 3.05) is 18.0 Å². The molecule has 1 fully saturated rings. The molecule has 28 heavy (non-hydrogen) atoms. The Morgan fingerprint density at radius 1 is 1.21 bits per heavy atom. The Balaban J connectivity index is 1.58. The molecule has 2 aromatic rings. The van der Waals surface area contributed by atoms with E-state index in [0.717, 1.165) is 30.1 Å². The maximum Gasteiger partial charge on any atom is 0.244 e. The molecule has 2 aromatic carbocycles. The summed E-state index contributed by atoms with van der Waals surface area (Å²) in [6.07, 6.45) is 5.75. The Morgan fingerprint density at radius 2 is 1.96 bits per heavy atom. The minimum Gasteiger partial charge on any atom is -0.371 e. The number of amides is 1. The summed E-state index contributed by atoms with van der Waals surface area (Å²) in [7, 11) is 0. The third-order valence-corrected chi connectivity index (χ3v) is 5.71. The lowest BCUT2D eigenvalue weighted by atomic mass is 9.99. The molecule has 3 nitrogen and oxygen atoms in total. The molecule has 1 heterocycles. The largest absolute Gasteiger partial charge is 0.371 e. The van der Waals surface area contributed by atoms with Gasteiger partial charge >= 0.3 is 0 Å². The third-order valence-electron chi connectivity index (χ3n) is 5.15. The number of hydrogen-bond donors (Lipinski definition) is 1. The van der Waals surface area contributed by atoms with Gasteiger partial charge in [0.25, 0.3) is 0 Å². The predicted octanol–water partition coefficient (Wildman–Crippen LogP) is 6.12. The topological polar surface area (TPSA) is 32.3 Å². The van der Waals surface area contributed by atoms with Gasteiger partial charge in [0.05, 0.1) is 6.04 Å². The van der Waals surface area contributed by atoms with Gasteiger partial charge in [-0.05, 0) is 67.2 Å². The Labute approximate surface area is 177 Å². The highest BCUT2D eigenvalue weighted by atomic mass is 35.5. The standard InChI is InChI=1S/C23H26Cl2N2O/c1-16-4-3-13-27(15-16)21-10-6-18(7-11-21)17(2)26-23(28)12-8-19-5-9-20(24)14-22(19)25/h5-12,14,16-17H,3-4,13,15H2,1-2H3,(H,26,28)/b12-8+/t16-,17-/m0/s1. The van der Waals surface area contributed by atoms with Crippen LogP contribution in [-0.2, 0) is 4.79 Å². The number of nitrogens with zero attached hydrogens (tertiary/aromatic N) is 1. The number of carbonyl (C=O) groups excluding carboxylic acids is 1. The first-order valence-electron chi connectivity index (χ1n) is 9.71. The van der Waals surface area contributed by atoms with Gasteiger partial charge in [0, 0.05) is 34.9 Å². The number of anilines is 1. The number of piperidine rings is 1. The van der Waals surface area contributed by atoms with E-state index in [9.17, 15) is 4.79 Å². The van der Waals surface area contributed by atoms with Crippen molar-refractivity contribution < 1.29 is 4.79 Å². The molecule has 0 radical (unpaired) electrons. The lowest BCUT2D eigenvalue weighted by molar-refractivity contribution is -0.117. The molecule has 148 valence electrons. The summed E-state index contributed by atoms with van der Waals surface area (Å²) >= 11 is 12.0. The first-order chi connectivity index (χ1) is 13.4. The SMILES string of the molecule is C[C@H]1CCCN(c2ccc([C@H](C)NC(=O)/C=C/c3ccc(Cl)cc3Cl)cc2)C1. The summed E-state index contributed by atoms with van der Waals surface area (Å²) in [5.74, 6) is 0.583. The van der Waals surface area contributed by atoms with Gasteiger partial charge < -0.3 is 10.2 Å². The van der Waals surface area contributed by atoms with Crippen LogP contribution in [0.25, 0.3) is 6.08 Å². The minimum absolute atomic E-state index is 0.0767. The number of benzene rings is 2. The van der Waals surface area contributed by atoms with Crippen LogP contribution in [0.1, 0.15) is 43.9 Å².